The summed E-state index contributed by atoms with van der Waals surface area (Å²) in [5.74, 6) is 2.09. The van der Waals surface area contributed by atoms with E-state index in [9.17, 15) is 0 Å². The predicted molar refractivity (Wildman–Crippen MR) is 87.0 cm³/mol. The Morgan fingerprint density at radius 3 is 2.90 bits per heavy atom. The molecule has 0 N–H and O–H groups in total. The normalized spacial score (nSPS) is 19.2. The summed E-state index contributed by atoms with van der Waals surface area (Å²) in [4.78, 5) is 3.77. The second-order valence-electron chi connectivity index (χ2n) is 5.37. The van der Waals surface area contributed by atoms with Gasteiger partial charge in [0.2, 0.25) is 0 Å². The summed E-state index contributed by atoms with van der Waals surface area (Å²) in [7, 11) is 0. The van der Waals surface area contributed by atoms with Gasteiger partial charge in [-0.1, -0.05) is 16.8 Å². The number of rotatable bonds is 5. The molecular weight excluding hydrogens is 304 g/mol. The van der Waals surface area contributed by atoms with Crippen LogP contribution >= 0.6 is 23.4 Å². The van der Waals surface area contributed by atoms with Crippen LogP contribution in [0.2, 0.25) is 5.02 Å². The van der Waals surface area contributed by atoms with Crippen molar-refractivity contribution < 1.29 is 4.52 Å². The fraction of sp³-hybridized carbons (Fsp3) is 0.438. The first kappa shape index (κ1) is 14.9. The van der Waals surface area contributed by atoms with Crippen molar-refractivity contribution in [2.75, 3.05) is 18.8 Å². The van der Waals surface area contributed by atoms with Crippen LogP contribution in [0.1, 0.15) is 30.3 Å². The van der Waals surface area contributed by atoms with E-state index in [0.717, 1.165) is 35.3 Å². The Morgan fingerprint density at radius 1 is 1.38 bits per heavy atom. The lowest BCUT2D eigenvalue weighted by molar-refractivity contribution is 0.224. The van der Waals surface area contributed by atoms with E-state index in [0.29, 0.717) is 6.04 Å². The van der Waals surface area contributed by atoms with E-state index >= 15 is 0 Å². The second kappa shape index (κ2) is 6.86. The molecule has 0 radical (unpaired) electrons. The molecule has 5 heteroatoms. The van der Waals surface area contributed by atoms with Crippen LogP contribution in [-0.2, 0) is 0 Å². The highest BCUT2D eigenvalue weighted by atomic mass is 35.5. The molecule has 21 heavy (non-hydrogen) atoms. The average molecular weight is 323 g/mol. The summed E-state index contributed by atoms with van der Waals surface area (Å²) in [6.07, 6.45) is 2.40. The minimum absolute atomic E-state index is 0.400. The Labute approximate surface area is 134 Å². The Balaban J connectivity index is 1.53. The van der Waals surface area contributed by atoms with E-state index in [1.54, 1.807) is 0 Å². The third-order valence-corrected chi connectivity index (χ3v) is 5.04. The Bertz CT molecular complexity index is 584. The zero-order valence-corrected chi connectivity index (χ0v) is 13.7. The lowest BCUT2D eigenvalue weighted by atomic mass is 10.1. The summed E-state index contributed by atoms with van der Waals surface area (Å²) in [5, 5.41) is 4.80. The highest BCUT2D eigenvalue weighted by molar-refractivity contribution is 7.99. The van der Waals surface area contributed by atoms with Gasteiger partial charge >= 0.3 is 0 Å². The van der Waals surface area contributed by atoms with Gasteiger partial charge in [0.25, 0.3) is 0 Å². The van der Waals surface area contributed by atoms with Crippen LogP contribution in [0.25, 0.3) is 0 Å². The van der Waals surface area contributed by atoms with E-state index in [1.165, 1.54) is 17.7 Å². The summed E-state index contributed by atoms with van der Waals surface area (Å²) in [5.41, 5.74) is 0.965. The van der Waals surface area contributed by atoms with Crippen molar-refractivity contribution in [1.82, 2.24) is 10.1 Å². The molecular formula is C16H19ClN2OS. The molecule has 3 nitrogen and oxygen atoms in total. The maximum absolute atomic E-state index is 5.90. The van der Waals surface area contributed by atoms with Crippen molar-refractivity contribution in [2.45, 2.75) is 30.7 Å². The van der Waals surface area contributed by atoms with Crippen LogP contribution in [0.15, 0.2) is 39.8 Å². The van der Waals surface area contributed by atoms with E-state index in [-0.39, 0.29) is 0 Å². The third-order valence-electron chi connectivity index (χ3n) is 3.80. The minimum atomic E-state index is 0.400. The van der Waals surface area contributed by atoms with E-state index in [4.69, 9.17) is 16.1 Å². The molecule has 2 aromatic rings. The van der Waals surface area contributed by atoms with Crippen LogP contribution in [-0.4, -0.2) is 28.9 Å². The third kappa shape index (κ3) is 3.82. The molecule has 0 spiro atoms. The number of aromatic nitrogens is 1. The number of thioether (sulfide) groups is 1. The highest BCUT2D eigenvalue weighted by Crippen LogP contribution is 2.32. The number of likely N-dealkylation sites (tertiary alicyclic amines) is 1. The molecule has 112 valence electrons. The van der Waals surface area contributed by atoms with E-state index in [2.05, 4.69) is 28.3 Å². The Morgan fingerprint density at radius 2 is 2.19 bits per heavy atom. The van der Waals surface area contributed by atoms with Gasteiger partial charge in [0.15, 0.2) is 5.76 Å². The van der Waals surface area contributed by atoms with Crippen molar-refractivity contribution in [3.8, 4) is 0 Å². The zero-order valence-electron chi connectivity index (χ0n) is 12.1. The van der Waals surface area contributed by atoms with Gasteiger partial charge in [0.1, 0.15) is 0 Å². The van der Waals surface area contributed by atoms with Crippen molar-refractivity contribution >= 4 is 23.4 Å². The first-order valence-electron chi connectivity index (χ1n) is 7.28. The average Bonchev–Trinajstić information content (AvgIpc) is 3.10. The fourth-order valence-corrected chi connectivity index (χ4v) is 3.78. The Hall–Kier alpha value is -0.970. The van der Waals surface area contributed by atoms with Crippen molar-refractivity contribution in [3.63, 3.8) is 0 Å². The van der Waals surface area contributed by atoms with Crippen molar-refractivity contribution in [3.05, 3.63) is 46.8 Å². The van der Waals surface area contributed by atoms with Crippen LogP contribution < -0.4 is 0 Å². The molecule has 1 aliphatic rings. The summed E-state index contributed by atoms with van der Waals surface area (Å²) in [6, 6.07) is 10.5. The summed E-state index contributed by atoms with van der Waals surface area (Å²) < 4.78 is 5.44. The molecule has 1 atom stereocenters. The SMILES string of the molecule is Cc1cc(C2CCCN2CCSc2ccc(Cl)cc2)on1. The number of hydrogen-bond donors (Lipinski definition) is 0. The molecule has 0 bridgehead atoms. The summed E-state index contributed by atoms with van der Waals surface area (Å²) >= 11 is 7.78. The molecule has 2 heterocycles. The maximum Gasteiger partial charge on any atom is 0.154 e. The first-order valence-corrected chi connectivity index (χ1v) is 8.64. The fourth-order valence-electron chi connectivity index (χ4n) is 2.77. The molecule has 1 aliphatic heterocycles. The maximum atomic E-state index is 5.90. The Kier molecular flexibility index (Phi) is 4.88. The van der Waals surface area contributed by atoms with Gasteiger partial charge in [-0.05, 0) is 50.6 Å². The molecule has 1 unspecified atom stereocenters. The van der Waals surface area contributed by atoms with Gasteiger partial charge in [-0.3, -0.25) is 4.90 Å². The largest absolute Gasteiger partial charge is 0.359 e. The highest BCUT2D eigenvalue weighted by Gasteiger charge is 2.28. The van der Waals surface area contributed by atoms with Crippen LogP contribution in [0.5, 0.6) is 0 Å². The molecule has 1 saturated heterocycles. The van der Waals surface area contributed by atoms with Gasteiger partial charge in [-0.2, -0.15) is 0 Å². The standard InChI is InChI=1S/C16H19ClN2OS/c1-12-11-16(20-18-12)15-3-2-8-19(15)9-10-21-14-6-4-13(17)5-7-14/h4-7,11,15H,2-3,8-10H2,1H3. The molecule has 1 fully saturated rings. The monoisotopic (exact) mass is 322 g/mol. The molecule has 0 amide bonds. The second-order valence-corrected chi connectivity index (χ2v) is 6.97. The van der Waals surface area contributed by atoms with Gasteiger partial charge in [0.05, 0.1) is 11.7 Å². The van der Waals surface area contributed by atoms with Crippen LogP contribution in [0.4, 0.5) is 0 Å². The lowest BCUT2D eigenvalue weighted by Crippen LogP contribution is -2.25. The minimum Gasteiger partial charge on any atom is -0.359 e. The number of hydrogen-bond acceptors (Lipinski definition) is 4. The molecule has 1 aromatic heterocycles. The smallest absolute Gasteiger partial charge is 0.154 e. The first-order chi connectivity index (χ1) is 10.2. The van der Waals surface area contributed by atoms with Crippen LogP contribution in [0, 0.1) is 6.92 Å². The molecule has 1 aromatic carbocycles. The number of nitrogens with zero attached hydrogens (tertiary/aromatic N) is 2. The van der Waals surface area contributed by atoms with Gasteiger partial charge in [-0.25, -0.2) is 0 Å². The molecule has 0 saturated carbocycles. The van der Waals surface area contributed by atoms with Gasteiger partial charge in [0, 0.05) is 28.3 Å². The lowest BCUT2D eigenvalue weighted by Gasteiger charge is -2.21. The van der Waals surface area contributed by atoms with Crippen molar-refractivity contribution in [1.29, 1.82) is 0 Å². The van der Waals surface area contributed by atoms with Gasteiger partial charge < -0.3 is 4.52 Å². The van der Waals surface area contributed by atoms with E-state index in [1.807, 2.05) is 30.8 Å². The predicted octanol–water partition coefficient (Wildman–Crippen LogP) is 4.57. The number of halogens is 1. The number of benzene rings is 1. The number of aryl methyl sites for hydroxylation is 1. The topological polar surface area (TPSA) is 29.3 Å². The quantitative estimate of drug-likeness (QED) is 0.754. The van der Waals surface area contributed by atoms with E-state index < -0.39 is 0 Å². The molecule has 0 aliphatic carbocycles. The summed E-state index contributed by atoms with van der Waals surface area (Å²) in [6.45, 7) is 4.19. The van der Waals surface area contributed by atoms with Gasteiger partial charge in [-0.15, -0.1) is 11.8 Å². The van der Waals surface area contributed by atoms with Crippen molar-refractivity contribution in [2.24, 2.45) is 0 Å². The molecule has 3 rings (SSSR count). The van der Waals surface area contributed by atoms with Crippen LogP contribution in [0.3, 0.4) is 0 Å². The zero-order chi connectivity index (χ0) is 14.7.